The zero-order chi connectivity index (χ0) is 35.8. The molecule has 0 N–H and O–H groups in total. The van der Waals surface area contributed by atoms with Gasteiger partial charge in [-0.1, -0.05) is 44.2 Å². The van der Waals surface area contributed by atoms with E-state index in [1.54, 1.807) is 48.5 Å². The van der Waals surface area contributed by atoms with Crippen LogP contribution in [0.4, 0.5) is 32.3 Å². The molecule has 6 nitrogen and oxygen atoms in total. The van der Waals surface area contributed by atoms with Crippen molar-refractivity contribution in [3.05, 3.63) is 124 Å². The van der Waals surface area contributed by atoms with Gasteiger partial charge in [0.15, 0.2) is 0 Å². The van der Waals surface area contributed by atoms with Gasteiger partial charge >= 0.3 is 12.4 Å². The quantitative estimate of drug-likeness (QED) is 0.144. The normalized spacial score (nSPS) is 13.5. The van der Waals surface area contributed by atoms with Gasteiger partial charge in [0.05, 0.1) is 24.4 Å². The van der Waals surface area contributed by atoms with Gasteiger partial charge in [-0.25, -0.2) is 9.97 Å². The summed E-state index contributed by atoms with van der Waals surface area (Å²) in [6.45, 7) is 3.94. The molecule has 5 aromatic rings. The largest absolute Gasteiger partial charge is 0.496 e. The first-order valence-electron chi connectivity index (χ1n) is 16.0. The molecule has 50 heavy (non-hydrogen) atoms. The number of halogens is 6. The maximum Gasteiger partial charge on any atom is 0.416 e. The molecule has 1 aliphatic carbocycles. The Hall–Kier alpha value is -5.13. The second kappa shape index (κ2) is 13.6. The van der Waals surface area contributed by atoms with E-state index in [0.29, 0.717) is 17.7 Å². The Kier molecular flexibility index (Phi) is 9.48. The van der Waals surface area contributed by atoms with Crippen molar-refractivity contribution in [3.8, 4) is 16.9 Å². The third kappa shape index (κ3) is 7.39. The molecule has 260 valence electrons. The minimum atomic E-state index is -4.99. The van der Waals surface area contributed by atoms with Gasteiger partial charge < -0.3 is 9.64 Å². The Morgan fingerprint density at radius 3 is 2.08 bits per heavy atom. The highest BCUT2D eigenvalue weighted by molar-refractivity contribution is 5.96. The Labute approximate surface area is 286 Å². The summed E-state index contributed by atoms with van der Waals surface area (Å²) in [5.41, 5.74) is 4.28. The van der Waals surface area contributed by atoms with Crippen molar-refractivity contribution < 1.29 is 31.1 Å². The zero-order valence-electron chi connectivity index (χ0n) is 27.9. The fourth-order valence-corrected chi connectivity index (χ4v) is 6.33. The van der Waals surface area contributed by atoms with Gasteiger partial charge in [0.2, 0.25) is 5.95 Å². The summed E-state index contributed by atoms with van der Waals surface area (Å²) in [6.07, 6.45) is -2.03. The molecule has 2 heterocycles. The second-order valence-corrected chi connectivity index (χ2v) is 12.7. The molecule has 3 aromatic carbocycles. The van der Waals surface area contributed by atoms with Crippen LogP contribution >= 0.6 is 0 Å². The van der Waals surface area contributed by atoms with Gasteiger partial charge in [0.25, 0.3) is 0 Å². The maximum atomic E-state index is 13.9. The number of fused-ring (bicyclic) bond motifs is 1. The van der Waals surface area contributed by atoms with E-state index < -0.39 is 23.5 Å². The fraction of sp³-hybridized carbons (Fsp3) is 0.289. The molecular weight excluding hydrogens is 656 g/mol. The van der Waals surface area contributed by atoms with Crippen molar-refractivity contribution in [2.45, 2.75) is 51.5 Å². The first-order valence-corrected chi connectivity index (χ1v) is 16.0. The minimum absolute atomic E-state index is 0.0885. The second-order valence-electron chi connectivity index (χ2n) is 12.7. The molecule has 0 unspecified atom stereocenters. The predicted octanol–water partition coefficient (Wildman–Crippen LogP) is 9.61. The first-order chi connectivity index (χ1) is 23.7. The van der Waals surface area contributed by atoms with Gasteiger partial charge in [-0.15, -0.1) is 0 Å². The van der Waals surface area contributed by atoms with Crippen molar-refractivity contribution in [1.82, 2.24) is 19.7 Å². The maximum absolute atomic E-state index is 13.9. The number of methoxy groups -OCH3 is 1. The molecule has 0 saturated heterocycles. The van der Waals surface area contributed by atoms with Crippen LogP contribution in [0.25, 0.3) is 22.3 Å². The van der Waals surface area contributed by atoms with Crippen molar-refractivity contribution in [2.75, 3.05) is 18.6 Å². The van der Waals surface area contributed by atoms with Crippen LogP contribution in [0.2, 0.25) is 0 Å². The van der Waals surface area contributed by atoms with Gasteiger partial charge in [0, 0.05) is 55.4 Å². The van der Waals surface area contributed by atoms with Crippen LogP contribution in [0.3, 0.4) is 0 Å². The molecule has 0 atom stereocenters. The van der Waals surface area contributed by atoms with Crippen LogP contribution in [0.1, 0.15) is 65.1 Å². The highest BCUT2D eigenvalue weighted by Crippen LogP contribution is 2.42. The van der Waals surface area contributed by atoms with Gasteiger partial charge in [-0.05, 0) is 82.5 Å². The van der Waals surface area contributed by atoms with Crippen LogP contribution in [-0.2, 0) is 32.4 Å². The number of hydrogen-bond acceptors (Lipinski definition) is 5. The summed E-state index contributed by atoms with van der Waals surface area (Å²) in [5.74, 6) is 1.03. The smallest absolute Gasteiger partial charge is 0.416 e. The standard InChI is InChI=1S/C38H35F6N5O/c1-23(2)26-10-12-35(50-4)33(15-26)32-11-9-25-7-5-6-8-31(25)34(32)22-49(36-45-17-27(18-46-36)28-19-47-48(3)21-28)20-24-13-29(37(39,40)41)16-30(14-24)38(42,43)44/h5-8,10,12-19,21,23H,9,11,20,22H2,1-4H3. The van der Waals surface area contributed by atoms with Crippen LogP contribution in [0.5, 0.6) is 5.75 Å². The lowest BCUT2D eigenvalue weighted by Gasteiger charge is -2.31. The van der Waals surface area contributed by atoms with E-state index in [0.717, 1.165) is 57.5 Å². The molecule has 0 spiro atoms. The van der Waals surface area contributed by atoms with Gasteiger partial charge in [0.1, 0.15) is 5.75 Å². The van der Waals surface area contributed by atoms with E-state index in [4.69, 9.17) is 4.74 Å². The number of benzene rings is 3. The highest BCUT2D eigenvalue weighted by Gasteiger charge is 2.37. The number of aromatic nitrogens is 4. The monoisotopic (exact) mass is 691 g/mol. The molecule has 0 radical (unpaired) electrons. The van der Waals surface area contributed by atoms with Crippen LogP contribution in [0, 0.1) is 0 Å². The average Bonchev–Trinajstić information content (AvgIpc) is 3.53. The number of alkyl halides is 6. The lowest BCUT2D eigenvalue weighted by Crippen LogP contribution is -2.28. The third-order valence-electron chi connectivity index (χ3n) is 8.90. The molecule has 2 aromatic heterocycles. The van der Waals surface area contributed by atoms with Crippen LogP contribution in [0.15, 0.2) is 85.5 Å². The topological polar surface area (TPSA) is 56.1 Å². The molecule has 12 heteroatoms. The average molecular weight is 692 g/mol. The number of nitrogens with zero attached hydrogens (tertiary/aromatic N) is 5. The number of ether oxygens (including phenoxy) is 1. The van der Waals surface area contributed by atoms with E-state index in [9.17, 15) is 26.3 Å². The van der Waals surface area contributed by atoms with Crippen molar-refractivity contribution in [2.24, 2.45) is 7.05 Å². The van der Waals surface area contributed by atoms with Crippen molar-refractivity contribution in [1.29, 1.82) is 0 Å². The number of rotatable bonds is 9. The van der Waals surface area contributed by atoms with Gasteiger partial charge in [-0.3, -0.25) is 4.68 Å². The summed E-state index contributed by atoms with van der Waals surface area (Å²) >= 11 is 0. The molecule has 0 amide bonds. The van der Waals surface area contributed by atoms with Crippen molar-refractivity contribution >= 4 is 17.1 Å². The van der Waals surface area contributed by atoms with E-state index >= 15 is 0 Å². The molecule has 0 aliphatic heterocycles. The zero-order valence-corrected chi connectivity index (χ0v) is 27.9. The molecule has 0 bridgehead atoms. The Bertz CT molecular complexity index is 2000. The summed E-state index contributed by atoms with van der Waals surface area (Å²) in [4.78, 5) is 10.8. The van der Waals surface area contributed by atoms with Crippen molar-refractivity contribution in [3.63, 3.8) is 0 Å². The summed E-state index contributed by atoms with van der Waals surface area (Å²) in [7, 11) is 3.37. The minimum Gasteiger partial charge on any atom is -0.496 e. The fourth-order valence-electron chi connectivity index (χ4n) is 6.33. The number of aryl methyl sites for hydroxylation is 2. The van der Waals surface area contributed by atoms with E-state index in [-0.39, 0.29) is 36.6 Å². The molecule has 0 saturated carbocycles. The van der Waals surface area contributed by atoms with E-state index in [2.05, 4.69) is 35.0 Å². The van der Waals surface area contributed by atoms with Gasteiger partial charge in [-0.2, -0.15) is 31.4 Å². The predicted molar refractivity (Wildman–Crippen MR) is 180 cm³/mol. The van der Waals surface area contributed by atoms with Crippen LogP contribution < -0.4 is 9.64 Å². The van der Waals surface area contributed by atoms with E-state index in [1.807, 2.05) is 36.4 Å². The molecule has 1 aliphatic rings. The summed E-state index contributed by atoms with van der Waals surface area (Å²) in [5, 5.41) is 4.18. The Balaban J connectivity index is 1.52. The Morgan fingerprint density at radius 1 is 0.800 bits per heavy atom. The Morgan fingerprint density at radius 2 is 1.48 bits per heavy atom. The highest BCUT2D eigenvalue weighted by atomic mass is 19.4. The summed E-state index contributed by atoms with van der Waals surface area (Å²) < 4.78 is 90.9. The summed E-state index contributed by atoms with van der Waals surface area (Å²) in [6, 6.07) is 15.6. The molecule has 0 fully saturated rings. The van der Waals surface area contributed by atoms with Crippen LogP contribution in [-0.4, -0.2) is 33.4 Å². The SMILES string of the molecule is COc1ccc(C(C)C)cc1C1=C(CN(Cc2cc(C(F)(F)F)cc(C(F)(F)F)c2)c2ncc(-c3cnn(C)c3)cn2)c2ccccc2CC1. The molecule has 6 rings (SSSR count). The number of allylic oxidation sites excluding steroid dienone is 1. The molecular formula is C38H35F6N5O. The number of hydrogen-bond donors (Lipinski definition) is 0. The lowest BCUT2D eigenvalue weighted by atomic mass is 9.81. The van der Waals surface area contributed by atoms with E-state index in [1.165, 1.54) is 0 Å². The lowest BCUT2D eigenvalue weighted by molar-refractivity contribution is -0.143. The first kappa shape index (κ1) is 34.7. The number of anilines is 1. The third-order valence-corrected chi connectivity index (χ3v) is 8.90.